The van der Waals surface area contributed by atoms with Crippen LogP contribution >= 0.6 is 0 Å². The zero-order chi connectivity index (χ0) is 31.2. The van der Waals surface area contributed by atoms with Crippen molar-refractivity contribution >= 4 is 23.9 Å². The van der Waals surface area contributed by atoms with Gasteiger partial charge < -0.3 is 24.3 Å². The van der Waals surface area contributed by atoms with Crippen LogP contribution in [0.1, 0.15) is 105 Å². The van der Waals surface area contributed by atoms with Crippen LogP contribution in [0.2, 0.25) is 0 Å². The average molecular weight is 596 g/mol. The van der Waals surface area contributed by atoms with E-state index in [0.717, 1.165) is 51.1 Å². The molecular formula is C31H50FN3O7. The summed E-state index contributed by atoms with van der Waals surface area (Å²) in [5.74, 6) is -3.14. The van der Waals surface area contributed by atoms with Gasteiger partial charge in [0, 0.05) is 20.0 Å². The number of amides is 1. The van der Waals surface area contributed by atoms with Gasteiger partial charge >= 0.3 is 18.0 Å². The number of unbranched alkanes of at least 4 members (excludes halogenated alkanes) is 9. The van der Waals surface area contributed by atoms with E-state index in [-0.39, 0.29) is 6.61 Å². The van der Waals surface area contributed by atoms with E-state index in [4.69, 9.17) is 24.4 Å². The summed E-state index contributed by atoms with van der Waals surface area (Å²) in [4.78, 5) is 34.8. The maximum atomic E-state index is 14.4. The van der Waals surface area contributed by atoms with Crippen molar-refractivity contribution < 1.29 is 37.7 Å². The van der Waals surface area contributed by atoms with Gasteiger partial charge in [0.25, 0.3) is 0 Å². The van der Waals surface area contributed by atoms with Crippen molar-refractivity contribution in [3.8, 4) is 0 Å². The third-order valence-corrected chi connectivity index (χ3v) is 6.47. The van der Waals surface area contributed by atoms with E-state index in [1.165, 1.54) is 39.5 Å². The maximum absolute atomic E-state index is 14.4. The quantitative estimate of drug-likeness (QED) is 0.0362. The summed E-state index contributed by atoms with van der Waals surface area (Å²) < 4.78 is 35.4. The van der Waals surface area contributed by atoms with E-state index in [2.05, 4.69) is 36.5 Å². The van der Waals surface area contributed by atoms with E-state index in [1.54, 1.807) is 6.92 Å². The number of rotatable bonds is 20. The number of esters is 2. The van der Waals surface area contributed by atoms with Crippen LogP contribution in [-0.2, 0) is 28.5 Å². The number of carbonyl (C=O) groups is 3. The van der Waals surface area contributed by atoms with Crippen LogP contribution in [0.4, 0.5) is 9.18 Å². The number of ether oxygens (including phenoxy) is 4. The lowest BCUT2D eigenvalue weighted by molar-refractivity contribution is -0.164. The number of carbonyl (C=O) groups excluding carboxylic acids is 3. The summed E-state index contributed by atoms with van der Waals surface area (Å²) in [6.45, 7) is 6.39. The third-order valence-electron chi connectivity index (χ3n) is 6.47. The molecule has 0 radical (unpaired) electrons. The zero-order valence-corrected chi connectivity index (χ0v) is 25.6. The van der Waals surface area contributed by atoms with Gasteiger partial charge in [-0.05, 0) is 45.4 Å². The molecule has 1 rings (SSSR count). The Kier molecular flexibility index (Phi) is 19.6. The highest BCUT2D eigenvalue weighted by atomic mass is 19.1. The number of nitrogens with one attached hydrogen (secondary N) is 3. The molecule has 0 bridgehead atoms. The second kappa shape index (κ2) is 22.4. The Balaban J connectivity index is 2.19. The largest absolute Gasteiger partial charge is 0.456 e. The van der Waals surface area contributed by atoms with E-state index < -0.39 is 54.2 Å². The summed E-state index contributed by atoms with van der Waals surface area (Å²) in [6.07, 6.45) is 18.4. The molecule has 1 heterocycles. The van der Waals surface area contributed by atoms with Crippen LogP contribution in [0.15, 0.2) is 36.3 Å². The van der Waals surface area contributed by atoms with E-state index >= 15 is 0 Å². The first-order chi connectivity index (χ1) is 20.1. The van der Waals surface area contributed by atoms with Gasteiger partial charge in [0.1, 0.15) is 0 Å². The molecule has 4 atom stereocenters. The fourth-order valence-corrected chi connectivity index (χ4v) is 4.32. The lowest BCUT2D eigenvalue weighted by Gasteiger charge is -2.22. The monoisotopic (exact) mass is 595 g/mol. The summed E-state index contributed by atoms with van der Waals surface area (Å²) in [5.41, 5.74) is 0. The van der Waals surface area contributed by atoms with Crippen molar-refractivity contribution in [3.05, 3.63) is 36.3 Å². The predicted molar refractivity (Wildman–Crippen MR) is 159 cm³/mol. The molecule has 0 aromatic carbocycles. The smallest absolute Gasteiger partial charge is 0.412 e. The van der Waals surface area contributed by atoms with Crippen molar-refractivity contribution in [2.75, 3.05) is 6.61 Å². The summed E-state index contributed by atoms with van der Waals surface area (Å²) in [6, 6.07) is 0. The Bertz CT molecular complexity index is 922. The third kappa shape index (κ3) is 16.9. The van der Waals surface area contributed by atoms with Gasteiger partial charge in [-0.2, -0.15) is 0 Å². The SMILES string of the molecule is CCCCC/C=C\C/C=C\CCCCCCCCOC(=O)NC(=N)/C(F)=C\NC1OC(C)C(OC(C)=O)C1OC(C)=O. The molecule has 1 amide bonds. The van der Waals surface area contributed by atoms with Gasteiger partial charge in [0.2, 0.25) is 0 Å². The minimum absolute atomic E-state index is 0.173. The molecule has 1 fully saturated rings. The minimum atomic E-state index is -1.10. The second-order valence-electron chi connectivity index (χ2n) is 10.3. The lowest BCUT2D eigenvalue weighted by atomic mass is 10.1. The van der Waals surface area contributed by atoms with Crippen molar-refractivity contribution in [2.45, 2.75) is 129 Å². The Labute approximate surface area is 250 Å². The van der Waals surface area contributed by atoms with Gasteiger partial charge in [-0.25, -0.2) is 9.18 Å². The van der Waals surface area contributed by atoms with Gasteiger partial charge in [0.05, 0.1) is 12.7 Å². The molecule has 42 heavy (non-hydrogen) atoms. The van der Waals surface area contributed by atoms with E-state index in [9.17, 15) is 18.8 Å². The van der Waals surface area contributed by atoms with Crippen LogP contribution in [-0.4, -0.2) is 55.0 Å². The first-order valence-electron chi connectivity index (χ1n) is 15.1. The molecule has 0 saturated carbocycles. The highest BCUT2D eigenvalue weighted by molar-refractivity contribution is 6.02. The van der Waals surface area contributed by atoms with Crippen LogP contribution in [0.5, 0.6) is 0 Å². The van der Waals surface area contributed by atoms with Crippen molar-refractivity contribution in [3.63, 3.8) is 0 Å². The zero-order valence-electron chi connectivity index (χ0n) is 25.6. The van der Waals surface area contributed by atoms with E-state index in [1.807, 2.05) is 5.32 Å². The molecule has 0 aromatic rings. The van der Waals surface area contributed by atoms with Crippen molar-refractivity contribution in [1.82, 2.24) is 10.6 Å². The first kappa shape index (κ1) is 36.8. The second-order valence-corrected chi connectivity index (χ2v) is 10.3. The number of hydrogen-bond donors (Lipinski definition) is 3. The highest BCUT2D eigenvalue weighted by Crippen LogP contribution is 2.25. The topological polar surface area (TPSA) is 136 Å². The molecular weight excluding hydrogens is 545 g/mol. The Hall–Kier alpha value is -3.21. The van der Waals surface area contributed by atoms with Crippen LogP contribution < -0.4 is 10.6 Å². The standard InChI is InChI=1S/C31H50FN3O7/c1-5-6-7-8-9-10-11-12-13-14-15-16-17-18-19-20-21-39-31(38)35-29(33)26(32)22-34-30-28(42-25(4)37)27(23(2)40-30)41-24(3)36/h9-10,12-13,22-23,27-28,30,34H,5-8,11,14-21H2,1-4H3,(H2,33,35,38)/b10-9-,13-12-,26-22+. The minimum Gasteiger partial charge on any atom is -0.456 e. The number of hydrogen-bond acceptors (Lipinski definition) is 9. The van der Waals surface area contributed by atoms with Crippen LogP contribution in [0, 0.1) is 5.41 Å². The van der Waals surface area contributed by atoms with Gasteiger partial charge in [0.15, 0.2) is 30.1 Å². The molecule has 0 aromatic heterocycles. The number of allylic oxidation sites excluding steroid dienone is 4. The molecule has 4 unspecified atom stereocenters. The molecule has 3 N–H and O–H groups in total. The maximum Gasteiger partial charge on any atom is 0.412 e. The average Bonchev–Trinajstić information content (AvgIpc) is 3.21. The molecule has 1 saturated heterocycles. The fourth-order valence-electron chi connectivity index (χ4n) is 4.32. The van der Waals surface area contributed by atoms with Gasteiger partial charge in [-0.3, -0.25) is 20.3 Å². The summed E-state index contributed by atoms with van der Waals surface area (Å²) >= 11 is 0. The predicted octanol–water partition coefficient (Wildman–Crippen LogP) is 6.51. The highest BCUT2D eigenvalue weighted by Gasteiger charge is 2.47. The van der Waals surface area contributed by atoms with Crippen molar-refractivity contribution in [2.24, 2.45) is 0 Å². The Morgan fingerprint density at radius 2 is 1.43 bits per heavy atom. The summed E-state index contributed by atoms with van der Waals surface area (Å²) in [7, 11) is 0. The molecule has 1 aliphatic rings. The van der Waals surface area contributed by atoms with Crippen LogP contribution in [0.25, 0.3) is 0 Å². The Morgan fingerprint density at radius 3 is 2.05 bits per heavy atom. The normalized spacial score (nSPS) is 20.5. The van der Waals surface area contributed by atoms with E-state index in [0.29, 0.717) is 6.42 Å². The van der Waals surface area contributed by atoms with Crippen LogP contribution in [0.3, 0.4) is 0 Å². The lowest BCUT2D eigenvalue weighted by Crippen LogP contribution is -2.43. The summed E-state index contributed by atoms with van der Waals surface area (Å²) in [5, 5.41) is 12.3. The molecule has 11 heteroatoms. The number of alkyl carbamates (subject to hydrolysis) is 1. The molecule has 10 nitrogen and oxygen atoms in total. The molecule has 1 aliphatic heterocycles. The van der Waals surface area contributed by atoms with Gasteiger partial charge in [-0.1, -0.05) is 69.8 Å². The van der Waals surface area contributed by atoms with Crippen molar-refractivity contribution in [1.29, 1.82) is 5.41 Å². The molecule has 0 spiro atoms. The number of amidine groups is 1. The first-order valence-corrected chi connectivity index (χ1v) is 15.1. The molecule has 0 aliphatic carbocycles. The number of halogens is 1. The Morgan fingerprint density at radius 1 is 0.857 bits per heavy atom. The fraction of sp³-hybridized carbons (Fsp3) is 0.677. The van der Waals surface area contributed by atoms with Gasteiger partial charge in [-0.15, -0.1) is 0 Å². The molecule has 238 valence electrons.